The Labute approximate surface area is 159 Å². The zero-order valence-corrected chi connectivity index (χ0v) is 16.0. The van der Waals surface area contributed by atoms with Crippen molar-refractivity contribution in [2.75, 3.05) is 33.7 Å². The van der Waals surface area contributed by atoms with E-state index in [1.807, 2.05) is 23.9 Å². The van der Waals surface area contributed by atoms with Crippen LogP contribution in [0.25, 0.3) is 0 Å². The molecule has 146 valence electrons. The van der Waals surface area contributed by atoms with Crippen molar-refractivity contribution in [3.8, 4) is 0 Å². The van der Waals surface area contributed by atoms with E-state index in [2.05, 4.69) is 0 Å². The topological polar surface area (TPSA) is 49.9 Å². The summed E-state index contributed by atoms with van der Waals surface area (Å²) in [6, 6.07) is 6.59. The van der Waals surface area contributed by atoms with Crippen molar-refractivity contribution in [2.45, 2.75) is 43.6 Å². The number of nitrogens with zero attached hydrogens (tertiary/aromatic N) is 2. The third kappa shape index (κ3) is 3.14. The lowest BCUT2D eigenvalue weighted by molar-refractivity contribution is -0.153. The van der Waals surface area contributed by atoms with E-state index in [4.69, 9.17) is 4.74 Å². The SMILES string of the molecule is CN(C)CC1CC2(CCN(C(=O)C3(c4ccccc4F)CC3)CC2)C(=O)O1. The van der Waals surface area contributed by atoms with Gasteiger partial charge in [-0.15, -0.1) is 0 Å². The van der Waals surface area contributed by atoms with Gasteiger partial charge in [-0.05, 0) is 45.8 Å². The molecule has 4 rings (SSSR count). The summed E-state index contributed by atoms with van der Waals surface area (Å²) >= 11 is 0. The Hall–Kier alpha value is -1.95. The Kier molecular flexibility index (Phi) is 4.49. The highest BCUT2D eigenvalue weighted by Gasteiger charge is 2.56. The molecule has 1 unspecified atom stereocenters. The summed E-state index contributed by atoms with van der Waals surface area (Å²) in [4.78, 5) is 29.5. The fourth-order valence-electron chi connectivity index (χ4n) is 4.77. The first-order chi connectivity index (χ1) is 12.9. The number of carbonyl (C=O) groups is 2. The Morgan fingerprint density at radius 2 is 1.89 bits per heavy atom. The molecule has 3 fully saturated rings. The number of hydrogen-bond donors (Lipinski definition) is 0. The second-order valence-electron chi connectivity index (χ2n) is 8.63. The van der Waals surface area contributed by atoms with E-state index in [9.17, 15) is 14.0 Å². The van der Waals surface area contributed by atoms with Gasteiger partial charge in [-0.3, -0.25) is 9.59 Å². The number of carbonyl (C=O) groups excluding carboxylic acids is 2. The number of esters is 1. The molecule has 1 spiro atoms. The van der Waals surface area contributed by atoms with Crippen LogP contribution >= 0.6 is 0 Å². The highest BCUT2D eigenvalue weighted by molar-refractivity contribution is 5.91. The quantitative estimate of drug-likeness (QED) is 0.759. The maximum absolute atomic E-state index is 14.3. The summed E-state index contributed by atoms with van der Waals surface area (Å²) in [5.74, 6) is -0.405. The first-order valence-corrected chi connectivity index (χ1v) is 9.77. The zero-order chi connectivity index (χ0) is 19.2. The third-order valence-electron chi connectivity index (χ3n) is 6.45. The van der Waals surface area contributed by atoms with E-state index in [1.54, 1.807) is 18.2 Å². The number of ether oxygens (including phenoxy) is 1. The second-order valence-corrected chi connectivity index (χ2v) is 8.63. The summed E-state index contributed by atoms with van der Waals surface area (Å²) in [6.45, 7) is 1.81. The van der Waals surface area contributed by atoms with Gasteiger partial charge in [-0.25, -0.2) is 4.39 Å². The van der Waals surface area contributed by atoms with Crippen LogP contribution in [0.3, 0.4) is 0 Å². The molecule has 1 amide bonds. The van der Waals surface area contributed by atoms with Crippen molar-refractivity contribution >= 4 is 11.9 Å². The lowest BCUT2D eigenvalue weighted by atomic mass is 9.75. The minimum absolute atomic E-state index is 0.0126. The predicted molar refractivity (Wildman–Crippen MR) is 98.6 cm³/mol. The van der Waals surface area contributed by atoms with Gasteiger partial charge in [-0.2, -0.15) is 0 Å². The van der Waals surface area contributed by atoms with Crippen molar-refractivity contribution in [1.82, 2.24) is 9.80 Å². The number of likely N-dealkylation sites (tertiary alicyclic amines) is 1. The molecular formula is C21H27FN2O3. The molecule has 2 heterocycles. The molecule has 0 N–H and O–H groups in total. The Morgan fingerprint density at radius 3 is 2.48 bits per heavy atom. The van der Waals surface area contributed by atoms with E-state index in [0.717, 1.165) is 13.0 Å². The van der Waals surface area contributed by atoms with Crippen molar-refractivity contribution in [2.24, 2.45) is 5.41 Å². The second kappa shape index (κ2) is 6.59. The average molecular weight is 374 g/mol. The van der Waals surface area contributed by atoms with Gasteiger partial charge in [0, 0.05) is 31.6 Å². The van der Waals surface area contributed by atoms with E-state index in [1.165, 1.54) is 6.07 Å². The van der Waals surface area contributed by atoms with Gasteiger partial charge in [0.25, 0.3) is 0 Å². The molecule has 0 aromatic heterocycles. The number of amides is 1. The van der Waals surface area contributed by atoms with Crippen LogP contribution < -0.4 is 0 Å². The Bertz CT molecular complexity index is 752. The van der Waals surface area contributed by atoms with Crippen molar-refractivity contribution in [1.29, 1.82) is 0 Å². The first-order valence-electron chi connectivity index (χ1n) is 9.77. The van der Waals surface area contributed by atoms with Crippen LogP contribution in [0.4, 0.5) is 4.39 Å². The number of hydrogen-bond acceptors (Lipinski definition) is 4. The lowest BCUT2D eigenvalue weighted by Gasteiger charge is -2.38. The van der Waals surface area contributed by atoms with Gasteiger partial charge < -0.3 is 14.5 Å². The van der Waals surface area contributed by atoms with E-state index in [-0.39, 0.29) is 23.8 Å². The maximum Gasteiger partial charge on any atom is 0.312 e. The Morgan fingerprint density at radius 1 is 1.22 bits per heavy atom. The van der Waals surface area contributed by atoms with Crippen LogP contribution in [0.2, 0.25) is 0 Å². The summed E-state index contributed by atoms with van der Waals surface area (Å²) in [7, 11) is 3.94. The van der Waals surface area contributed by atoms with E-state index in [0.29, 0.717) is 44.3 Å². The first kappa shape index (κ1) is 18.4. The van der Waals surface area contributed by atoms with Crippen LogP contribution in [0.5, 0.6) is 0 Å². The molecule has 2 aliphatic heterocycles. The smallest absolute Gasteiger partial charge is 0.312 e. The van der Waals surface area contributed by atoms with Gasteiger partial charge in [0.1, 0.15) is 11.9 Å². The van der Waals surface area contributed by atoms with Gasteiger partial charge in [0.15, 0.2) is 0 Å². The number of benzene rings is 1. The van der Waals surface area contributed by atoms with Crippen LogP contribution in [0.15, 0.2) is 24.3 Å². The molecule has 1 aromatic rings. The van der Waals surface area contributed by atoms with E-state index < -0.39 is 10.8 Å². The predicted octanol–water partition coefficient (Wildman–Crippen LogP) is 2.34. The number of rotatable bonds is 4. The number of piperidine rings is 1. The average Bonchev–Trinajstić information content (AvgIpc) is 3.38. The van der Waals surface area contributed by atoms with E-state index >= 15 is 0 Å². The summed E-state index contributed by atoms with van der Waals surface area (Å²) in [6.07, 6.45) is 3.32. The van der Waals surface area contributed by atoms with Gasteiger partial charge >= 0.3 is 5.97 Å². The molecule has 0 radical (unpaired) electrons. The number of likely N-dealkylation sites (N-methyl/N-ethyl adjacent to an activating group) is 1. The molecule has 1 aliphatic carbocycles. The maximum atomic E-state index is 14.3. The van der Waals surface area contributed by atoms with Crippen molar-refractivity contribution in [3.05, 3.63) is 35.6 Å². The molecule has 3 aliphatic rings. The fraction of sp³-hybridized carbons (Fsp3) is 0.619. The minimum atomic E-state index is -0.695. The molecule has 5 nitrogen and oxygen atoms in total. The van der Waals surface area contributed by atoms with Gasteiger partial charge in [-0.1, -0.05) is 18.2 Å². The lowest BCUT2D eigenvalue weighted by Crippen LogP contribution is -2.48. The molecule has 27 heavy (non-hydrogen) atoms. The fourth-order valence-corrected chi connectivity index (χ4v) is 4.77. The minimum Gasteiger partial charge on any atom is -0.461 e. The van der Waals surface area contributed by atoms with Crippen LogP contribution in [-0.2, 0) is 19.7 Å². The van der Waals surface area contributed by atoms with Gasteiger partial charge in [0.2, 0.25) is 5.91 Å². The molecule has 6 heteroatoms. The monoisotopic (exact) mass is 374 g/mol. The van der Waals surface area contributed by atoms with Crippen molar-refractivity contribution < 1.29 is 18.7 Å². The molecule has 2 saturated heterocycles. The summed E-state index contributed by atoms with van der Waals surface area (Å²) < 4.78 is 19.8. The van der Waals surface area contributed by atoms with Gasteiger partial charge in [0.05, 0.1) is 10.8 Å². The highest BCUT2D eigenvalue weighted by Crippen LogP contribution is 2.51. The molecular weight excluding hydrogens is 347 g/mol. The summed E-state index contributed by atoms with van der Waals surface area (Å²) in [5, 5.41) is 0. The van der Waals surface area contributed by atoms with Crippen molar-refractivity contribution in [3.63, 3.8) is 0 Å². The summed E-state index contributed by atoms with van der Waals surface area (Å²) in [5.41, 5.74) is -0.632. The zero-order valence-electron chi connectivity index (χ0n) is 16.0. The van der Waals surface area contributed by atoms with Crippen LogP contribution in [0, 0.1) is 11.2 Å². The molecule has 0 bridgehead atoms. The normalized spacial score (nSPS) is 25.7. The van der Waals surface area contributed by atoms with Crippen LogP contribution in [0.1, 0.15) is 37.7 Å². The third-order valence-corrected chi connectivity index (χ3v) is 6.45. The number of halogens is 1. The standard InChI is InChI=1S/C21H27FN2O3/c1-23(2)14-15-13-20(19(26)27-15)9-11-24(12-10-20)18(25)21(7-8-21)16-5-3-4-6-17(16)22/h3-6,15H,7-14H2,1-2H3. The Balaban J connectivity index is 1.43. The number of cyclic esters (lactones) is 1. The largest absolute Gasteiger partial charge is 0.461 e. The molecule has 1 atom stereocenters. The molecule has 1 aromatic carbocycles. The molecule has 1 saturated carbocycles. The van der Waals surface area contributed by atoms with Crippen LogP contribution in [-0.4, -0.2) is 61.5 Å². The highest BCUT2D eigenvalue weighted by atomic mass is 19.1.